The van der Waals surface area contributed by atoms with Crippen LogP contribution in [0.3, 0.4) is 0 Å². The molecule has 5 heteroatoms. The van der Waals surface area contributed by atoms with Crippen LogP contribution < -0.4 is 0 Å². The third-order valence-corrected chi connectivity index (χ3v) is 11.5. The second-order valence-electron chi connectivity index (χ2n) is 15.8. The Balaban J connectivity index is 0.000000389. The number of carbonyl (C=O) groups is 1. The average molecular weight is 895 g/mol. The average Bonchev–Trinajstić information content (AvgIpc) is 3.41. The van der Waals surface area contributed by atoms with Gasteiger partial charge in [-0.3, -0.25) is 9.78 Å². The van der Waals surface area contributed by atoms with E-state index in [9.17, 15) is 9.90 Å². The molecule has 0 saturated heterocycles. The van der Waals surface area contributed by atoms with Gasteiger partial charge in [-0.1, -0.05) is 115 Å². The van der Waals surface area contributed by atoms with Gasteiger partial charge in [0.2, 0.25) is 0 Å². The molecule has 2 heterocycles. The van der Waals surface area contributed by atoms with Gasteiger partial charge in [-0.15, -0.1) is 40.5 Å². The molecule has 0 bridgehead atoms. The Kier molecular flexibility index (Phi) is 15.6. The van der Waals surface area contributed by atoms with E-state index in [0.717, 1.165) is 43.4 Å². The van der Waals surface area contributed by atoms with Crippen LogP contribution in [0.1, 0.15) is 122 Å². The number of allylic oxidation sites excluding steroid dienone is 2. The normalized spacial score (nSPS) is 12.1. The van der Waals surface area contributed by atoms with Crippen molar-refractivity contribution < 1.29 is 30.0 Å². The van der Waals surface area contributed by atoms with Crippen molar-refractivity contribution in [2.24, 2.45) is 17.3 Å². The number of ketones is 1. The van der Waals surface area contributed by atoms with Crippen molar-refractivity contribution in [1.29, 1.82) is 0 Å². The quantitative estimate of drug-likeness (QED) is 0.0816. The van der Waals surface area contributed by atoms with Crippen molar-refractivity contribution in [2.75, 3.05) is 0 Å². The standard InChI is InChI=1S/C34H36NS.C13H24O2.Ir/c1-20(2)29-18-27(17-26-16-21(3)15-22(4)30(26)29)31-33-28(13-14-35-31)23(5)32(36-33)25-11-9-24(10-12-25)19-34(6,7)8;1-5-10(6-2)12(14)9-13(15)11(7-3)8-4;/h9-16,18,20H,19H2,1-8H3;9-11,14H,5-8H2,1-4H3;/q-1;;/b;12-9-;. The summed E-state index contributed by atoms with van der Waals surface area (Å²) in [7, 11) is 0. The third kappa shape index (κ3) is 10.3. The zero-order valence-electron chi connectivity index (χ0n) is 33.6. The first-order valence-electron chi connectivity index (χ1n) is 19.0. The molecule has 0 atom stereocenters. The minimum Gasteiger partial charge on any atom is -0.512 e. The van der Waals surface area contributed by atoms with Crippen LogP contribution in [-0.4, -0.2) is 15.9 Å². The molecule has 5 aromatic rings. The van der Waals surface area contributed by atoms with Crippen molar-refractivity contribution in [2.45, 2.75) is 121 Å². The number of fused-ring (bicyclic) bond motifs is 2. The maximum Gasteiger partial charge on any atom is 0.162 e. The summed E-state index contributed by atoms with van der Waals surface area (Å²) in [6.45, 7) is 26.1. The molecule has 0 aliphatic carbocycles. The van der Waals surface area contributed by atoms with E-state index in [1.807, 2.05) is 45.2 Å². The first-order valence-corrected chi connectivity index (χ1v) is 19.8. The van der Waals surface area contributed by atoms with E-state index in [4.69, 9.17) is 4.98 Å². The number of hydrogen-bond donors (Lipinski definition) is 1. The van der Waals surface area contributed by atoms with Crippen LogP contribution in [0.5, 0.6) is 0 Å². The second-order valence-corrected chi connectivity index (χ2v) is 16.8. The predicted molar refractivity (Wildman–Crippen MR) is 222 cm³/mol. The topological polar surface area (TPSA) is 50.2 Å². The van der Waals surface area contributed by atoms with E-state index in [0.29, 0.717) is 5.92 Å². The summed E-state index contributed by atoms with van der Waals surface area (Å²) in [4.78, 5) is 18.0. The van der Waals surface area contributed by atoms with Gasteiger partial charge < -0.3 is 5.11 Å². The Hall–Kier alpha value is -3.11. The Morgan fingerprint density at radius 1 is 0.904 bits per heavy atom. The molecule has 52 heavy (non-hydrogen) atoms. The van der Waals surface area contributed by atoms with Crippen LogP contribution in [0, 0.1) is 44.1 Å². The Morgan fingerprint density at radius 3 is 2.08 bits per heavy atom. The van der Waals surface area contributed by atoms with Gasteiger partial charge in [-0.2, -0.15) is 0 Å². The Bertz CT molecular complexity index is 1990. The molecular weight excluding hydrogens is 835 g/mol. The van der Waals surface area contributed by atoms with Crippen LogP contribution in [0.15, 0.2) is 66.6 Å². The van der Waals surface area contributed by atoms with Gasteiger partial charge in [0, 0.05) is 59.5 Å². The number of aliphatic hydroxyl groups excluding tert-OH is 1. The monoisotopic (exact) mass is 895 g/mol. The number of benzene rings is 3. The van der Waals surface area contributed by atoms with Gasteiger partial charge >= 0.3 is 0 Å². The predicted octanol–water partition coefficient (Wildman–Crippen LogP) is 14.1. The molecule has 1 radical (unpaired) electrons. The maximum absolute atomic E-state index is 11.7. The van der Waals surface area contributed by atoms with Crippen molar-refractivity contribution in [3.63, 3.8) is 0 Å². The minimum absolute atomic E-state index is 0. The molecule has 0 fully saturated rings. The number of pyridine rings is 1. The van der Waals surface area contributed by atoms with Gasteiger partial charge in [-0.05, 0) is 92.4 Å². The zero-order chi connectivity index (χ0) is 37.6. The Morgan fingerprint density at radius 2 is 1.52 bits per heavy atom. The molecule has 2 aromatic heterocycles. The van der Waals surface area contributed by atoms with E-state index in [2.05, 4.69) is 110 Å². The number of carbonyl (C=O) groups excluding carboxylic acids is 1. The fraction of sp³-hybridized carbons (Fsp3) is 0.447. The summed E-state index contributed by atoms with van der Waals surface area (Å²) in [5, 5.41) is 13.6. The molecule has 281 valence electrons. The number of aryl methyl sites for hydroxylation is 3. The fourth-order valence-electron chi connectivity index (χ4n) is 7.22. The van der Waals surface area contributed by atoms with Gasteiger partial charge in [0.15, 0.2) is 5.78 Å². The number of aliphatic hydroxyl groups is 1. The molecule has 1 N–H and O–H groups in total. The molecule has 5 rings (SSSR count). The van der Waals surface area contributed by atoms with Gasteiger partial charge in [0.05, 0.1) is 5.76 Å². The molecule has 0 aliphatic rings. The molecule has 0 unspecified atom stereocenters. The summed E-state index contributed by atoms with van der Waals surface area (Å²) >= 11 is 1.86. The molecule has 0 amide bonds. The van der Waals surface area contributed by atoms with Crippen molar-refractivity contribution in [3.8, 4) is 21.7 Å². The largest absolute Gasteiger partial charge is 0.512 e. The Labute approximate surface area is 331 Å². The van der Waals surface area contributed by atoms with E-state index >= 15 is 0 Å². The fourth-order valence-corrected chi connectivity index (χ4v) is 8.53. The van der Waals surface area contributed by atoms with E-state index in [1.165, 1.54) is 65.2 Å². The summed E-state index contributed by atoms with van der Waals surface area (Å²) in [5.41, 5.74) is 10.4. The van der Waals surface area contributed by atoms with E-state index in [1.54, 1.807) is 0 Å². The number of nitrogens with zero attached hydrogens (tertiary/aromatic N) is 1. The SMILES string of the molecule is CCC(CC)C(=O)/C=C(\O)C(CC)CC.Cc1cc(C)c2c(C(C)C)cc(-c3nccc4c(C)c(-c5ccc(CC(C)(C)C)cc5)sc34)[c-]c2c1.[Ir]. The van der Waals surface area contributed by atoms with E-state index < -0.39 is 0 Å². The van der Waals surface area contributed by atoms with Gasteiger partial charge in [0.25, 0.3) is 0 Å². The van der Waals surface area contributed by atoms with Crippen LogP contribution >= 0.6 is 11.3 Å². The maximum atomic E-state index is 11.7. The smallest absolute Gasteiger partial charge is 0.162 e. The van der Waals surface area contributed by atoms with Crippen LogP contribution in [-0.2, 0) is 31.3 Å². The summed E-state index contributed by atoms with van der Waals surface area (Å²) in [6.07, 6.45) is 7.95. The van der Waals surface area contributed by atoms with Crippen LogP contribution in [0.2, 0.25) is 0 Å². The minimum atomic E-state index is 0. The van der Waals surface area contributed by atoms with Gasteiger partial charge in [0.1, 0.15) is 0 Å². The number of rotatable bonds is 11. The number of hydrogen-bond acceptors (Lipinski definition) is 4. The van der Waals surface area contributed by atoms with Crippen LogP contribution in [0.25, 0.3) is 42.6 Å². The van der Waals surface area contributed by atoms with Crippen molar-refractivity contribution >= 4 is 38.0 Å². The summed E-state index contributed by atoms with van der Waals surface area (Å²) in [6, 6.07) is 22.0. The summed E-state index contributed by atoms with van der Waals surface area (Å²) in [5.74, 6) is 0.972. The first-order chi connectivity index (χ1) is 24.1. The molecule has 0 aliphatic heterocycles. The third-order valence-electron chi connectivity index (χ3n) is 10.1. The second kappa shape index (κ2) is 18.8. The van der Waals surface area contributed by atoms with Crippen molar-refractivity contribution in [3.05, 3.63) is 100 Å². The van der Waals surface area contributed by atoms with Crippen molar-refractivity contribution in [1.82, 2.24) is 4.98 Å². The molecule has 0 spiro atoms. The zero-order valence-corrected chi connectivity index (χ0v) is 36.8. The van der Waals surface area contributed by atoms with E-state index in [-0.39, 0.29) is 48.9 Å². The molecule has 0 saturated carbocycles. The summed E-state index contributed by atoms with van der Waals surface area (Å²) < 4.78 is 1.25. The number of thiophene rings is 1. The van der Waals surface area contributed by atoms with Gasteiger partial charge in [-0.25, -0.2) is 0 Å². The molecular formula is C47H60IrNO2S-. The van der Waals surface area contributed by atoms with Crippen LogP contribution in [0.4, 0.5) is 0 Å². The molecule has 3 nitrogen and oxygen atoms in total. The first kappa shape index (κ1) is 43.3. The molecule has 3 aromatic carbocycles. The number of aromatic nitrogens is 1.